The van der Waals surface area contributed by atoms with Crippen molar-refractivity contribution >= 4 is 29.0 Å². The third-order valence-electron chi connectivity index (χ3n) is 4.21. The third-order valence-corrected chi connectivity index (χ3v) is 4.21. The van der Waals surface area contributed by atoms with Crippen LogP contribution in [-0.4, -0.2) is 13.0 Å². The number of rotatable bonds is 7. The van der Waals surface area contributed by atoms with E-state index in [1.807, 2.05) is 60.7 Å². The molecule has 0 bridgehead atoms. The number of carbonyl (C=O) groups excluding carboxylic acids is 1. The van der Waals surface area contributed by atoms with Crippen molar-refractivity contribution in [1.29, 1.82) is 0 Å². The van der Waals surface area contributed by atoms with Gasteiger partial charge in [0, 0.05) is 18.3 Å². The zero-order chi connectivity index (χ0) is 19.8. The highest BCUT2D eigenvalue weighted by Gasteiger charge is 2.01. The van der Waals surface area contributed by atoms with Gasteiger partial charge in [0.05, 0.1) is 18.5 Å². The first-order valence-electron chi connectivity index (χ1n) is 8.94. The zero-order valence-electron chi connectivity index (χ0n) is 15.7. The number of nitrogens with one attached hydrogen (secondary N) is 2. The highest BCUT2D eigenvalue weighted by atomic mass is 16.5. The first-order valence-corrected chi connectivity index (χ1v) is 8.94. The maximum atomic E-state index is 12.0. The van der Waals surface area contributed by atoms with Gasteiger partial charge >= 0.3 is 0 Å². The van der Waals surface area contributed by atoms with Crippen LogP contribution in [0.2, 0.25) is 0 Å². The van der Waals surface area contributed by atoms with Crippen molar-refractivity contribution in [2.75, 3.05) is 23.5 Å². The molecule has 5 nitrogen and oxygen atoms in total. The van der Waals surface area contributed by atoms with Gasteiger partial charge in [-0.2, -0.15) is 0 Å². The van der Waals surface area contributed by atoms with E-state index >= 15 is 0 Å². The van der Waals surface area contributed by atoms with Gasteiger partial charge in [-0.3, -0.25) is 4.79 Å². The smallest absolute Gasteiger partial charge is 0.248 e. The fourth-order valence-corrected chi connectivity index (χ4v) is 2.62. The van der Waals surface area contributed by atoms with Crippen molar-refractivity contribution in [2.45, 2.75) is 6.54 Å². The average molecular weight is 373 g/mol. The molecular weight excluding hydrogens is 350 g/mol. The van der Waals surface area contributed by atoms with Crippen molar-refractivity contribution in [3.8, 4) is 5.75 Å². The van der Waals surface area contributed by atoms with Crippen LogP contribution in [-0.2, 0) is 11.3 Å². The van der Waals surface area contributed by atoms with Gasteiger partial charge in [0.15, 0.2) is 0 Å². The largest absolute Gasteiger partial charge is 0.497 e. The lowest BCUT2D eigenvalue weighted by Crippen LogP contribution is -2.09. The van der Waals surface area contributed by atoms with E-state index < -0.39 is 0 Å². The maximum absolute atomic E-state index is 12.0. The van der Waals surface area contributed by atoms with Crippen LogP contribution in [0.25, 0.3) is 6.08 Å². The van der Waals surface area contributed by atoms with E-state index in [0.717, 1.165) is 23.5 Å². The summed E-state index contributed by atoms with van der Waals surface area (Å²) in [5.41, 5.74) is 10.1. The van der Waals surface area contributed by atoms with E-state index in [9.17, 15) is 4.79 Å². The molecule has 0 fully saturated rings. The van der Waals surface area contributed by atoms with E-state index in [-0.39, 0.29) is 5.91 Å². The molecule has 5 heteroatoms. The number of carbonyl (C=O) groups is 1. The summed E-state index contributed by atoms with van der Waals surface area (Å²) in [5.74, 6) is 0.624. The minimum atomic E-state index is -0.223. The summed E-state index contributed by atoms with van der Waals surface area (Å²) in [6.07, 6.45) is 3.26. The average Bonchev–Trinajstić information content (AvgIpc) is 2.73. The quantitative estimate of drug-likeness (QED) is 0.420. The van der Waals surface area contributed by atoms with Gasteiger partial charge in [-0.05, 0) is 53.6 Å². The molecule has 3 rings (SSSR count). The molecule has 0 heterocycles. The summed E-state index contributed by atoms with van der Waals surface area (Å²) in [6.45, 7) is 0.722. The first kappa shape index (κ1) is 19.0. The van der Waals surface area contributed by atoms with Crippen molar-refractivity contribution < 1.29 is 9.53 Å². The molecule has 4 N–H and O–H groups in total. The van der Waals surface area contributed by atoms with E-state index in [1.54, 1.807) is 25.3 Å². The zero-order valence-corrected chi connectivity index (χ0v) is 15.7. The molecule has 0 aliphatic rings. The standard InChI is InChI=1S/C23H23N3O2/c1-28-20-13-8-18(9-14-20)16-25-19-11-6-17(7-12-19)10-15-23(27)26-22-5-3-2-4-21(22)24/h2-15,25H,16,24H2,1H3,(H,26,27)/b15-10+. The van der Waals surface area contributed by atoms with E-state index in [1.165, 1.54) is 11.6 Å². The summed E-state index contributed by atoms with van der Waals surface area (Å²) in [5, 5.41) is 6.14. The number of anilines is 3. The fraction of sp³-hybridized carbons (Fsp3) is 0.0870. The second kappa shape index (κ2) is 9.28. The summed E-state index contributed by atoms with van der Waals surface area (Å²) < 4.78 is 5.16. The summed E-state index contributed by atoms with van der Waals surface area (Å²) in [6, 6.07) is 23.0. The second-order valence-electron chi connectivity index (χ2n) is 6.23. The molecule has 0 aliphatic carbocycles. The van der Waals surface area contributed by atoms with Gasteiger partial charge in [-0.1, -0.05) is 36.4 Å². The summed E-state index contributed by atoms with van der Waals surface area (Å²) in [7, 11) is 1.66. The molecule has 3 aromatic rings. The molecule has 3 aromatic carbocycles. The minimum absolute atomic E-state index is 0.223. The Bertz CT molecular complexity index is 948. The van der Waals surface area contributed by atoms with Crippen LogP contribution in [0.5, 0.6) is 5.75 Å². The van der Waals surface area contributed by atoms with Crippen molar-refractivity contribution in [2.24, 2.45) is 0 Å². The van der Waals surface area contributed by atoms with E-state index in [0.29, 0.717) is 11.4 Å². The van der Waals surface area contributed by atoms with Crippen LogP contribution >= 0.6 is 0 Å². The molecule has 0 saturated heterocycles. The van der Waals surface area contributed by atoms with Gasteiger partial charge in [0.25, 0.3) is 0 Å². The lowest BCUT2D eigenvalue weighted by molar-refractivity contribution is -0.111. The Hall–Kier alpha value is -3.73. The topological polar surface area (TPSA) is 76.4 Å². The van der Waals surface area contributed by atoms with Gasteiger partial charge in [0.1, 0.15) is 5.75 Å². The molecule has 0 spiro atoms. The minimum Gasteiger partial charge on any atom is -0.497 e. The van der Waals surface area contributed by atoms with Crippen LogP contribution in [0.1, 0.15) is 11.1 Å². The van der Waals surface area contributed by atoms with Crippen molar-refractivity contribution in [1.82, 2.24) is 0 Å². The Kier molecular flexibility index (Phi) is 6.31. The van der Waals surface area contributed by atoms with Crippen molar-refractivity contribution in [3.63, 3.8) is 0 Å². The molecule has 0 radical (unpaired) electrons. The van der Waals surface area contributed by atoms with E-state index in [2.05, 4.69) is 10.6 Å². The van der Waals surface area contributed by atoms with Crippen LogP contribution in [0.3, 0.4) is 0 Å². The monoisotopic (exact) mass is 373 g/mol. The predicted molar refractivity (Wildman–Crippen MR) is 115 cm³/mol. The number of nitrogens with two attached hydrogens (primary N) is 1. The Morgan fingerprint density at radius 1 is 1.00 bits per heavy atom. The Balaban J connectivity index is 1.52. The Morgan fingerprint density at radius 3 is 2.39 bits per heavy atom. The molecule has 0 aromatic heterocycles. The van der Waals surface area contributed by atoms with Gasteiger partial charge in [-0.15, -0.1) is 0 Å². The molecule has 28 heavy (non-hydrogen) atoms. The highest BCUT2D eigenvalue weighted by molar-refractivity contribution is 6.03. The number of amides is 1. The number of hydrogen-bond acceptors (Lipinski definition) is 4. The van der Waals surface area contributed by atoms with Crippen LogP contribution in [0.4, 0.5) is 17.1 Å². The molecular formula is C23H23N3O2. The SMILES string of the molecule is COc1ccc(CNc2ccc(/C=C/C(=O)Nc3ccccc3N)cc2)cc1. The van der Waals surface area contributed by atoms with E-state index in [4.69, 9.17) is 10.5 Å². The highest BCUT2D eigenvalue weighted by Crippen LogP contribution is 2.17. The number of methoxy groups -OCH3 is 1. The lowest BCUT2D eigenvalue weighted by Gasteiger charge is -2.08. The van der Waals surface area contributed by atoms with Crippen LogP contribution in [0.15, 0.2) is 78.9 Å². The predicted octanol–water partition coefficient (Wildman–Crippen LogP) is 4.54. The number of ether oxygens (including phenoxy) is 1. The third kappa shape index (κ3) is 5.38. The molecule has 0 unspecified atom stereocenters. The molecule has 0 atom stereocenters. The molecule has 0 aliphatic heterocycles. The summed E-state index contributed by atoms with van der Waals surface area (Å²) >= 11 is 0. The lowest BCUT2D eigenvalue weighted by atomic mass is 10.1. The van der Waals surface area contributed by atoms with Crippen molar-refractivity contribution in [3.05, 3.63) is 90.0 Å². The number of hydrogen-bond donors (Lipinski definition) is 3. The van der Waals surface area contributed by atoms with Crippen LogP contribution < -0.4 is 21.1 Å². The maximum Gasteiger partial charge on any atom is 0.248 e. The molecule has 1 amide bonds. The van der Waals surface area contributed by atoms with Gasteiger partial charge < -0.3 is 21.1 Å². The van der Waals surface area contributed by atoms with Gasteiger partial charge in [0.2, 0.25) is 5.91 Å². The number of nitrogen functional groups attached to an aromatic ring is 1. The number of benzene rings is 3. The van der Waals surface area contributed by atoms with Gasteiger partial charge in [-0.25, -0.2) is 0 Å². The fourth-order valence-electron chi connectivity index (χ4n) is 2.62. The second-order valence-corrected chi connectivity index (χ2v) is 6.23. The molecule has 142 valence electrons. The summed E-state index contributed by atoms with van der Waals surface area (Å²) in [4.78, 5) is 12.0. The number of para-hydroxylation sites is 2. The first-order chi connectivity index (χ1) is 13.6. The molecule has 0 saturated carbocycles. The Morgan fingerprint density at radius 2 is 1.71 bits per heavy atom. The Labute approximate surface area is 164 Å². The van der Waals surface area contributed by atoms with Crippen LogP contribution in [0, 0.1) is 0 Å². The normalized spacial score (nSPS) is 10.6.